The number of aromatic nitrogens is 1. The Bertz CT molecular complexity index is 445. The van der Waals surface area contributed by atoms with Crippen LogP contribution in [0.2, 0.25) is 0 Å². The summed E-state index contributed by atoms with van der Waals surface area (Å²) in [5.74, 6) is 0.879. The summed E-state index contributed by atoms with van der Waals surface area (Å²) in [7, 11) is 3.72. The van der Waals surface area contributed by atoms with Crippen LogP contribution in [0.15, 0.2) is 42.6 Å². The maximum absolute atomic E-state index is 5.11. The van der Waals surface area contributed by atoms with Gasteiger partial charge in [0, 0.05) is 24.6 Å². The fourth-order valence-electron chi connectivity index (χ4n) is 1.58. The monoisotopic (exact) mass is 216 g/mol. The van der Waals surface area contributed by atoms with E-state index in [1.54, 1.807) is 7.11 Å². The molecule has 0 amide bonds. The molecular weight excluding hydrogens is 200 g/mol. The molecule has 16 heavy (non-hydrogen) atoms. The lowest BCUT2D eigenvalue weighted by Gasteiger charge is -2.08. The quantitative estimate of drug-likeness (QED) is 0.850. The van der Waals surface area contributed by atoms with Gasteiger partial charge in [0.25, 0.3) is 0 Å². The molecule has 0 saturated carbocycles. The molecule has 0 spiro atoms. The van der Waals surface area contributed by atoms with E-state index in [1.165, 1.54) is 5.69 Å². The zero-order chi connectivity index (χ0) is 11.4. The van der Waals surface area contributed by atoms with Gasteiger partial charge in [0.2, 0.25) is 0 Å². The molecule has 0 bridgehead atoms. The first kappa shape index (κ1) is 10.6. The summed E-state index contributed by atoms with van der Waals surface area (Å²) >= 11 is 0. The van der Waals surface area contributed by atoms with Crippen molar-refractivity contribution >= 4 is 5.69 Å². The van der Waals surface area contributed by atoms with Crippen molar-refractivity contribution in [3.8, 4) is 5.75 Å². The summed E-state index contributed by atoms with van der Waals surface area (Å²) in [5.41, 5.74) is 2.36. The fourth-order valence-corrected chi connectivity index (χ4v) is 1.58. The van der Waals surface area contributed by atoms with Crippen molar-refractivity contribution in [2.45, 2.75) is 6.54 Å². The first-order valence-corrected chi connectivity index (χ1v) is 5.28. The molecule has 1 aromatic carbocycles. The number of hydrogen-bond donors (Lipinski definition) is 1. The number of aryl methyl sites for hydroxylation is 1. The van der Waals surface area contributed by atoms with Gasteiger partial charge in [0.15, 0.2) is 0 Å². The van der Waals surface area contributed by atoms with Crippen molar-refractivity contribution in [1.29, 1.82) is 0 Å². The Labute approximate surface area is 95.7 Å². The second kappa shape index (κ2) is 4.75. The number of methoxy groups -OCH3 is 1. The summed E-state index contributed by atoms with van der Waals surface area (Å²) in [5, 5.41) is 3.36. The summed E-state index contributed by atoms with van der Waals surface area (Å²) in [6.45, 7) is 0.829. The molecule has 0 fully saturated rings. The Kier molecular flexibility index (Phi) is 3.15. The molecule has 2 aromatic rings. The average molecular weight is 216 g/mol. The van der Waals surface area contributed by atoms with Gasteiger partial charge < -0.3 is 14.6 Å². The van der Waals surface area contributed by atoms with Crippen molar-refractivity contribution in [1.82, 2.24) is 4.57 Å². The maximum Gasteiger partial charge on any atom is 0.119 e. The Morgan fingerprint density at radius 2 is 1.94 bits per heavy atom. The normalized spacial score (nSPS) is 10.1. The Hall–Kier alpha value is -1.90. The number of anilines is 1. The molecule has 1 N–H and O–H groups in total. The lowest BCUT2D eigenvalue weighted by atomic mass is 10.3. The molecule has 3 heteroatoms. The van der Waals surface area contributed by atoms with Gasteiger partial charge >= 0.3 is 0 Å². The van der Waals surface area contributed by atoms with Crippen LogP contribution in [0.3, 0.4) is 0 Å². The zero-order valence-corrected chi connectivity index (χ0v) is 9.60. The standard InChI is InChI=1S/C13H16N2O/c1-15-9-3-4-12(15)10-14-11-5-7-13(16-2)8-6-11/h3-9,14H,10H2,1-2H3. The highest BCUT2D eigenvalue weighted by Gasteiger charge is 1.97. The van der Waals surface area contributed by atoms with Crippen molar-refractivity contribution in [2.75, 3.05) is 12.4 Å². The topological polar surface area (TPSA) is 26.2 Å². The predicted molar refractivity (Wildman–Crippen MR) is 65.7 cm³/mol. The van der Waals surface area contributed by atoms with Crippen LogP contribution < -0.4 is 10.1 Å². The van der Waals surface area contributed by atoms with Gasteiger partial charge in [-0.25, -0.2) is 0 Å². The lowest BCUT2D eigenvalue weighted by molar-refractivity contribution is 0.415. The molecule has 84 valence electrons. The average Bonchev–Trinajstić information content (AvgIpc) is 2.73. The molecule has 0 aliphatic heterocycles. The molecule has 1 heterocycles. The smallest absolute Gasteiger partial charge is 0.119 e. The van der Waals surface area contributed by atoms with Crippen molar-refractivity contribution in [2.24, 2.45) is 7.05 Å². The zero-order valence-electron chi connectivity index (χ0n) is 9.60. The van der Waals surface area contributed by atoms with Crippen molar-refractivity contribution < 1.29 is 4.74 Å². The van der Waals surface area contributed by atoms with Crippen LogP contribution in [-0.2, 0) is 13.6 Å². The maximum atomic E-state index is 5.11. The van der Waals surface area contributed by atoms with Crippen molar-refractivity contribution in [3.05, 3.63) is 48.3 Å². The molecule has 0 radical (unpaired) electrons. The molecular formula is C13H16N2O. The van der Waals surface area contributed by atoms with E-state index >= 15 is 0 Å². The van der Waals surface area contributed by atoms with Gasteiger partial charge in [-0.3, -0.25) is 0 Å². The van der Waals surface area contributed by atoms with Crippen LogP contribution in [-0.4, -0.2) is 11.7 Å². The van der Waals surface area contributed by atoms with Gasteiger partial charge in [-0.15, -0.1) is 0 Å². The fraction of sp³-hybridized carbons (Fsp3) is 0.231. The van der Waals surface area contributed by atoms with E-state index < -0.39 is 0 Å². The number of ether oxygens (including phenoxy) is 1. The summed E-state index contributed by atoms with van der Waals surface area (Å²) in [6, 6.07) is 12.1. The Balaban J connectivity index is 1.97. The highest BCUT2D eigenvalue weighted by Crippen LogP contribution is 2.15. The third-order valence-electron chi connectivity index (χ3n) is 2.61. The van der Waals surface area contributed by atoms with Crippen LogP contribution in [0.1, 0.15) is 5.69 Å². The summed E-state index contributed by atoms with van der Waals surface area (Å²) in [6.07, 6.45) is 2.05. The largest absolute Gasteiger partial charge is 0.497 e. The highest BCUT2D eigenvalue weighted by atomic mass is 16.5. The number of benzene rings is 1. The van der Waals surface area contributed by atoms with E-state index in [2.05, 4.69) is 16.0 Å². The Morgan fingerprint density at radius 1 is 1.19 bits per heavy atom. The van der Waals surface area contributed by atoms with E-state index in [-0.39, 0.29) is 0 Å². The van der Waals surface area contributed by atoms with Gasteiger partial charge in [0.05, 0.1) is 13.7 Å². The van der Waals surface area contributed by atoms with E-state index in [4.69, 9.17) is 4.74 Å². The van der Waals surface area contributed by atoms with Gasteiger partial charge in [0.1, 0.15) is 5.75 Å². The molecule has 1 aromatic heterocycles. The Morgan fingerprint density at radius 3 is 2.50 bits per heavy atom. The van der Waals surface area contributed by atoms with Crippen LogP contribution in [0.5, 0.6) is 5.75 Å². The van der Waals surface area contributed by atoms with Crippen molar-refractivity contribution in [3.63, 3.8) is 0 Å². The molecule has 0 unspecified atom stereocenters. The highest BCUT2D eigenvalue weighted by molar-refractivity contribution is 5.46. The van der Waals surface area contributed by atoms with E-state index in [1.807, 2.05) is 43.6 Å². The third kappa shape index (κ3) is 2.37. The number of nitrogens with zero attached hydrogens (tertiary/aromatic N) is 1. The molecule has 2 rings (SSSR count). The van der Waals surface area contributed by atoms with Gasteiger partial charge in [-0.1, -0.05) is 0 Å². The summed E-state index contributed by atoms with van der Waals surface area (Å²) in [4.78, 5) is 0. The number of nitrogens with one attached hydrogen (secondary N) is 1. The van der Waals surface area contributed by atoms with Crippen LogP contribution >= 0.6 is 0 Å². The van der Waals surface area contributed by atoms with E-state index in [0.717, 1.165) is 18.0 Å². The number of rotatable bonds is 4. The van der Waals surface area contributed by atoms with E-state index in [9.17, 15) is 0 Å². The second-order valence-corrected chi connectivity index (χ2v) is 3.69. The van der Waals surface area contributed by atoms with Gasteiger partial charge in [-0.2, -0.15) is 0 Å². The SMILES string of the molecule is COc1ccc(NCc2cccn2C)cc1. The summed E-state index contributed by atoms with van der Waals surface area (Å²) < 4.78 is 7.21. The molecule has 0 aliphatic rings. The van der Waals surface area contributed by atoms with Crippen LogP contribution in [0.4, 0.5) is 5.69 Å². The molecule has 0 atom stereocenters. The minimum absolute atomic E-state index is 0.829. The minimum Gasteiger partial charge on any atom is -0.497 e. The molecule has 0 saturated heterocycles. The van der Waals surface area contributed by atoms with Crippen LogP contribution in [0, 0.1) is 0 Å². The number of hydrogen-bond acceptors (Lipinski definition) is 2. The van der Waals surface area contributed by atoms with Crippen LogP contribution in [0.25, 0.3) is 0 Å². The lowest BCUT2D eigenvalue weighted by Crippen LogP contribution is -2.03. The molecule has 0 aliphatic carbocycles. The second-order valence-electron chi connectivity index (χ2n) is 3.69. The predicted octanol–water partition coefficient (Wildman–Crippen LogP) is 2.65. The van der Waals surface area contributed by atoms with E-state index in [0.29, 0.717) is 0 Å². The third-order valence-corrected chi connectivity index (χ3v) is 2.61. The van der Waals surface area contributed by atoms with Gasteiger partial charge in [-0.05, 0) is 36.4 Å². The first-order valence-electron chi connectivity index (χ1n) is 5.28. The molecule has 3 nitrogen and oxygen atoms in total. The minimum atomic E-state index is 0.829. The first-order chi connectivity index (χ1) is 7.79.